The highest BCUT2D eigenvalue weighted by Gasteiger charge is 2.36. The molecule has 0 radical (unpaired) electrons. The third-order valence-electron chi connectivity index (χ3n) is 3.14. The Bertz CT molecular complexity index is 437. The van der Waals surface area contributed by atoms with Crippen molar-refractivity contribution in [3.8, 4) is 0 Å². The molecule has 3 N–H and O–H groups in total. The fraction of sp³-hybridized carbons (Fsp3) is 0.462. The number of anilines is 2. The van der Waals surface area contributed by atoms with Gasteiger partial charge in [0.25, 0.3) is 0 Å². The number of rotatable bonds is 1. The monoisotopic (exact) mass is 233 g/mol. The Hall–Kier alpha value is -1.71. The number of amides is 2. The van der Waals surface area contributed by atoms with Gasteiger partial charge in [0.2, 0.25) is 0 Å². The molecule has 1 unspecified atom stereocenters. The summed E-state index contributed by atoms with van der Waals surface area (Å²) in [6.07, 6.45) is 0. The van der Waals surface area contributed by atoms with Crippen LogP contribution in [0.2, 0.25) is 0 Å². The van der Waals surface area contributed by atoms with Gasteiger partial charge in [-0.25, -0.2) is 4.79 Å². The second kappa shape index (κ2) is 3.95. The highest BCUT2D eigenvalue weighted by atomic mass is 16.2. The number of nitrogens with zero attached hydrogens (tertiary/aromatic N) is 1. The van der Waals surface area contributed by atoms with Gasteiger partial charge in [-0.15, -0.1) is 0 Å². The minimum Gasteiger partial charge on any atom is -0.399 e. The van der Waals surface area contributed by atoms with Crippen molar-refractivity contribution in [2.24, 2.45) is 5.41 Å². The third-order valence-corrected chi connectivity index (χ3v) is 3.14. The van der Waals surface area contributed by atoms with Crippen molar-refractivity contribution >= 4 is 17.4 Å². The van der Waals surface area contributed by atoms with Gasteiger partial charge >= 0.3 is 6.03 Å². The molecule has 0 aromatic heterocycles. The molecule has 2 amide bonds. The van der Waals surface area contributed by atoms with E-state index in [-0.39, 0.29) is 17.5 Å². The molecule has 92 valence electrons. The number of urea groups is 1. The first kappa shape index (κ1) is 11.8. The summed E-state index contributed by atoms with van der Waals surface area (Å²) in [5.74, 6) is 0. The predicted octanol–water partition coefficient (Wildman–Crippen LogP) is 2.21. The van der Waals surface area contributed by atoms with E-state index in [0.717, 1.165) is 5.69 Å². The molecule has 1 heterocycles. The normalized spacial score (nSPS) is 20.5. The first-order valence-electron chi connectivity index (χ1n) is 5.81. The first-order chi connectivity index (χ1) is 7.88. The molecule has 4 heteroatoms. The van der Waals surface area contributed by atoms with Crippen LogP contribution in [0.4, 0.5) is 16.2 Å². The maximum atomic E-state index is 11.9. The number of hydrogen-bond acceptors (Lipinski definition) is 2. The second-order valence-corrected chi connectivity index (χ2v) is 5.57. The number of carbonyl (C=O) groups excluding carboxylic acids is 1. The molecular formula is C13H19N3O. The largest absolute Gasteiger partial charge is 0.399 e. The van der Waals surface area contributed by atoms with E-state index in [0.29, 0.717) is 12.2 Å². The van der Waals surface area contributed by atoms with Crippen LogP contribution < -0.4 is 16.0 Å². The molecule has 2 rings (SSSR count). The summed E-state index contributed by atoms with van der Waals surface area (Å²) in [6.45, 7) is 7.06. The van der Waals surface area contributed by atoms with E-state index in [1.807, 2.05) is 24.3 Å². The summed E-state index contributed by atoms with van der Waals surface area (Å²) in [7, 11) is 0. The van der Waals surface area contributed by atoms with Crippen molar-refractivity contribution < 1.29 is 4.79 Å². The van der Waals surface area contributed by atoms with Gasteiger partial charge < -0.3 is 11.1 Å². The number of nitrogens with two attached hydrogens (primary N) is 1. The lowest BCUT2D eigenvalue weighted by Gasteiger charge is -2.26. The molecular weight excluding hydrogens is 214 g/mol. The Kier molecular flexibility index (Phi) is 2.73. The van der Waals surface area contributed by atoms with Gasteiger partial charge in [0.1, 0.15) is 0 Å². The molecule has 1 aromatic rings. The van der Waals surface area contributed by atoms with Crippen LogP contribution in [-0.4, -0.2) is 18.6 Å². The van der Waals surface area contributed by atoms with Crippen molar-refractivity contribution in [3.05, 3.63) is 24.3 Å². The second-order valence-electron chi connectivity index (χ2n) is 5.57. The molecule has 1 aliphatic rings. The summed E-state index contributed by atoms with van der Waals surface area (Å²) < 4.78 is 0. The van der Waals surface area contributed by atoms with Crippen molar-refractivity contribution in [1.82, 2.24) is 5.32 Å². The van der Waals surface area contributed by atoms with E-state index in [4.69, 9.17) is 5.73 Å². The summed E-state index contributed by atoms with van der Waals surface area (Å²) in [5.41, 5.74) is 7.33. The minimum absolute atomic E-state index is 0.0458. The predicted molar refractivity (Wildman–Crippen MR) is 70.0 cm³/mol. The van der Waals surface area contributed by atoms with E-state index in [1.165, 1.54) is 0 Å². The molecule has 0 spiro atoms. The lowest BCUT2D eigenvalue weighted by Crippen LogP contribution is -2.38. The van der Waals surface area contributed by atoms with Crippen LogP contribution in [0.25, 0.3) is 0 Å². The molecule has 0 saturated carbocycles. The Morgan fingerprint density at radius 1 is 1.41 bits per heavy atom. The number of hydrogen-bond donors (Lipinski definition) is 2. The van der Waals surface area contributed by atoms with Gasteiger partial charge in [-0.3, -0.25) is 4.90 Å². The smallest absolute Gasteiger partial charge is 0.322 e. The zero-order chi connectivity index (χ0) is 12.6. The SMILES string of the molecule is CC(C)(C)C1CN(c2cccc(N)c2)C(=O)N1. The van der Waals surface area contributed by atoms with Crippen molar-refractivity contribution in [1.29, 1.82) is 0 Å². The van der Waals surface area contributed by atoms with Gasteiger partial charge in [0, 0.05) is 17.9 Å². The zero-order valence-corrected chi connectivity index (χ0v) is 10.5. The topological polar surface area (TPSA) is 58.4 Å². The van der Waals surface area contributed by atoms with Crippen LogP contribution in [0.3, 0.4) is 0 Å². The lowest BCUT2D eigenvalue weighted by atomic mass is 9.87. The van der Waals surface area contributed by atoms with Gasteiger partial charge in [0.15, 0.2) is 0 Å². The van der Waals surface area contributed by atoms with E-state index in [2.05, 4.69) is 26.1 Å². The van der Waals surface area contributed by atoms with Crippen LogP contribution in [0.1, 0.15) is 20.8 Å². The van der Waals surface area contributed by atoms with E-state index in [9.17, 15) is 4.79 Å². The van der Waals surface area contributed by atoms with E-state index in [1.54, 1.807) is 4.90 Å². The highest BCUT2D eigenvalue weighted by Crippen LogP contribution is 2.27. The number of nitrogens with one attached hydrogen (secondary N) is 1. The van der Waals surface area contributed by atoms with Crippen LogP contribution in [-0.2, 0) is 0 Å². The highest BCUT2D eigenvalue weighted by molar-refractivity contribution is 5.95. The molecule has 1 saturated heterocycles. The lowest BCUT2D eigenvalue weighted by molar-refractivity contribution is 0.243. The molecule has 0 aliphatic carbocycles. The van der Waals surface area contributed by atoms with Gasteiger partial charge in [-0.2, -0.15) is 0 Å². The van der Waals surface area contributed by atoms with E-state index < -0.39 is 0 Å². The Morgan fingerprint density at radius 2 is 2.12 bits per heavy atom. The molecule has 4 nitrogen and oxygen atoms in total. The van der Waals surface area contributed by atoms with E-state index >= 15 is 0 Å². The fourth-order valence-corrected chi connectivity index (χ4v) is 1.94. The van der Waals surface area contributed by atoms with Crippen molar-refractivity contribution in [2.75, 3.05) is 17.2 Å². The number of benzene rings is 1. The molecule has 1 aromatic carbocycles. The molecule has 0 bridgehead atoms. The van der Waals surface area contributed by atoms with Crippen molar-refractivity contribution in [3.63, 3.8) is 0 Å². The Labute approximate surface area is 102 Å². The summed E-state index contributed by atoms with van der Waals surface area (Å²) in [6, 6.07) is 7.53. The van der Waals surface area contributed by atoms with Crippen molar-refractivity contribution in [2.45, 2.75) is 26.8 Å². The molecule has 1 fully saturated rings. The van der Waals surface area contributed by atoms with Crippen LogP contribution in [0.15, 0.2) is 24.3 Å². The standard InChI is InChI=1S/C13H19N3O/c1-13(2,3)11-8-16(12(17)15-11)10-6-4-5-9(14)7-10/h4-7,11H,8,14H2,1-3H3,(H,15,17). The van der Waals surface area contributed by atoms with Gasteiger partial charge in [-0.05, 0) is 23.6 Å². The third kappa shape index (κ3) is 2.35. The van der Waals surface area contributed by atoms with Crippen LogP contribution in [0, 0.1) is 5.41 Å². The molecule has 1 aliphatic heterocycles. The number of carbonyl (C=O) groups is 1. The zero-order valence-electron chi connectivity index (χ0n) is 10.5. The van der Waals surface area contributed by atoms with Crippen LogP contribution in [0.5, 0.6) is 0 Å². The summed E-state index contributed by atoms with van der Waals surface area (Å²) >= 11 is 0. The Balaban J connectivity index is 2.22. The van der Waals surface area contributed by atoms with Gasteiger partial charge in [0.05, 0.1) is 6.04 Å². The minimum atomic E-state index is -0.0458. The number of nitrogen functional groups attached to an aromatic ring is 1. The summed E-state index contributed by atoms with van der Waals surface area (Å²) in [5, 5.41) is 3.01. The average Bonchev–Trinajstić information content (AvgIpc) is 2.60. The quantitative estimate of drug-likeness (QED) is 0.731. The average molecular weight is 233 g/mol. The molecule has 17 heavy (non-hydrogen) atoms. The molecule has 1 atom stereocenters. The van der Waals surface area contributed by atoms with Gasteiger partial charge in [-0.1, -0.05) is 26.8 Å². The van der Waals surface area contributed by atoms with Crippen LogP contribution >= 0.6 is 0 Å². The maximum absolute atomic E-state index is 11.9. The maximum Gasteiger partial charge on any atom is 0.322 e. The fourth-order valence-electron chi connectivity index (χ4n) is 1.94. The summed E-state index contributed by atoms with van der Waals surface area (Å²) in [4.78, 5) is 13.7. The first-order valence-corrected chi connectivity index (χ1v) is 5.81. The Morgan fingerprint density at radius 3 is 2.65 bits per heavy atom.